The summed E-state index contributed by atoms with van der Waals surface area (Å²) in [6, 6.07) is 8.53. The van der Waals surface area contributed by atoms with Gasteiger partial charge in [-0.05, 0) is 23.8 Å². The topological polar surface area (TPSA) is 76.2 Å². The molecule has 80 valence electrons. The molecule has 0 bridgehead atoms. The Labute approximate surface area is 92.4 Å². The summed E-state index contributed by atoms with van der Waals surface area (Å²) in [4.78, 5) is 14.8. The van der Waals surface area contributed by atoms with E-state index in [1.807, 2.05) is 0 Å². The summed E-state index contributed by atoms with van der Waals surface area (Å²) < 4.78 is 0. The van der Waals surface area contributed by atoms with E-state index < -0.39 is 5.97 Å². The normalized spacial score (nSPS) is 10.0. The zero-order valence-electron chi connectivity index (χ0n) is 8.42. The number of carboxylic acids is 1. The van der Waals surface area contributed by atoms with Crippen LogP contribution in [0.1, 0.15) is 10.4 Å². The molecule has 0 aliphatic carbocycles. The van der Waals surface area contributed by atoms with E-state index in [1.165, 1.54) is 6.07 Å². The van der Waals surface area contributed by atoms with Crippen LogP contribution < -0.4 is 5.73 Å². The molecule has 0 aliphatic rings. The quantitative estimate of drug-likeness (QED) is 0.750. The van der Waals surface area contributed by atoms with Gasteiger partial charge in [0.05, 0.1) is 11.3 Å². The number of carbonyl (C=O) groups is 1. The highest BCUT2D eigenvalue weighted by molar-refractivity contribution is 5.98. The smallest absolute Gasteiger partial charge is 0.337 e. The average molecular weight is 214 g/mol. The number of pyridine rings is 1. The van der Waals surface area contributed by atoms with Crippen LogP contribution in [-0.4, -0.2) is 16.1 Å². The first-order chi connectivity index (χ1) is 7.70. The Morgan fingerprint density at radius 1 is 1.19 bits per heavy atom. The molecule has 4 heteroatoms. The second kappa shape index (κ2) is 4.02. The summed E-state index contributed by atoms with van der Waals surface area (Å²) in [7, 11) is 0. The zero-order chi connectivity index (χ0) is 11.5. The van der Waals surface area contributed by atoms with Crippen molar-refractivity contribution in [1.29, 1.82) is 0 Å². The molecular weight excluding hydrogens is 204 g/mol. The van der Waals surface area contributed by atoms with E-state index in [4.69, 9.17) is 10.8 Å². The number of hydrogen-bond donors (Lipinski definition) is 2. The number of nitrogen functional groups attached to an aromatic ring is 1. The van der Waals surface area contributed by atoms with Gasteiger partial charge >= 0.3 is 5.97 Å². The number of nitrogens with two attached hydrogens (primary N) is 1. The fourth-order valence-electron chi connectivity index (χ4n) is 1.53. The molecule has 16 heavy (non-hydrogen) atoms. The highest BCUT2D eigenvalue weighted by atomic mass is 16.4. The minimum absolute atomic E-state index is 0.120. The van der Waals surface area contributed by atoms with E-state index in [9.17, 15) is 4.79 Å². The lowest BCUT2D eigenvalue weighted by atomic mass is 10.0. The van der Waals surface area contributed by atoms with Crippen LogP contribution in [0, 0.1) is 0 Å². The minimum Gasteiger partial charge on any atom is -0.478 e. The molecule has 1 heterocycles. The standard InChI is InChI=1S/C12H10N2O2/c13-11-9(8-4-6-14-7-5-8)2-1-3-10(11)12(15)16/h1-7H,13H2,(H,15,16). The number of hydrogen-bond acceptors (Lipinski definition) is 3. The summed E-state index contributed by atoms with van der Waals surface area (Å²) in [5.74, 6) is -1.02. The van der Waals surface area contributed by atoms with Gasteiger partial charge in [0.25, 0.3) is 0 Å². The third kappa shape index (κ3) is 1.72. The van der Waals surface area contributed by atoms with Crippen molar-refractivity contribution in [3.05, 3.63) is 48.3 Å². The summed E-state index contributed by atoms with van der Waals surface area (Å²) in [6.07, 6.45) is 3.28. The van der Waals surface area contributed by atoms with Gasteiger partial charge in [0.1, 0.15) is 0 Å². The van der Waals surface area contributed by atoms with Gasteiger partial charge in [-0.1, -0.05) is 12.1 Å². The number of benzene rings is 1. The van der Waals surface area contributed by atoms with E-state index in [-0.39, 0.29) is 11.3 Å². The maximum Gasteiger partial charge on any atom is 0.337 e. The predicted octanol–water partition coefficient (Wildman–Crippen LogP) is 2.03. The number of aromatic carboxylic acids is 1. The molecular formula is C12H10N2O2. The number of anilines is 1. The SMILES string of the molecule is Nc1c(C(=O)O)cccc1-c1ccncc1. The molecule has 0 spiro atoms. The second-order valence-corrected chi connectivity index (χ2v) is 3.31. The molecule has 0 saturated heterocycles. The van der Waals surface area contributed by atoms with Crippen molar-refractivity contribution in [3.63, 3.8) is 0 Å². The van der Waals surface area contributed by atoms with Gasteiger partial charge in [0.15, 0.2) is 0 Å². The Bertz CT molecular complexity index is 524. The Morgan fingerprint density at radius 2 is 1.88 bits per heavy atom. The first kappa shape index (κ1) is 10.2. The van der Waals surface area contributed by atoms with Gasteiger partial charge in [-0.15, -0.1) is 0 Å². The molecule has 0 saturated carbocycles. The lowest BCUT2D eigenvalue weighted by Gasteiger charge is -2.07. The monoisotopic (exact) mass is 214 g/mol. The van der Waals surface area contributed by atoms with Crippen LogP contribution in [0.3, 0.4) is 0 Å². The van der Waals surface area contributed by atoms with Crippen LogP contribution in [0.4, 0.5) is 5.69 Å². The van der Waals surface area contributed by atoms with E-state index in [1.54, 1.807) is 36.7 Å². The van der Waals surface area contributed by atoms with Crippen molar-refractivity contribution >= 4 is 11.7 Å². The van der Waals surface area contributed by atoms with E-state index >= 15 is 0 Å². The fraction of sp³-hybridized carbons (Fsp3) is 0. The highest BCUT2D eigenvalue weighted by Gasteiger charge is 2.11. The molecule has 1 aromatic carbocycles. The summed E-state index contributed by atoms with van der Waals surface area (Å²) in [5, 5.41) is 8.94. The molecule has 0 fully saturated rings. The predicted molar refractivity (Wildman–Crippen MR) is 61.0 cm³/mol. The largest absolute Gasteiger partial charge is 0.478 e. The number of nitrogens with zero attached hydrogens (tertiary/aromatic N) is 1. The summed E-state index contributed by atoms with van der Waals surface area (Å²) >= 11 is 0. The maximum absolute atomic E-state index is 10.9. The molecule has 3 N–H and O–H groups in total. The van der Waals surface area contributed by atoms with E-state index in [2.05, 4.69) is 4.98 Å². The maximum atomic E-state index is 10.9. The van der Waals surface area contributed by atoms with Gasteiger partial charge in [-0.2, -0.15) is 0 Å². The molecule has 2 rings (SSSR count). The van der Waals surface area contributed by atoms with Crippen LogP contribution >= 0.6 is 0 Å². The van der Waals surface area contributed by atoms with E-state index in [0.29, 0.717) is 5.56 Å². The molecule has 4 nitrogen and oxygen atoms in total. The molecule has 0 aliphatic heterocycles. The Hall–Kier alpha value is -2.36. The summed E-state index contributed by atoms with van der Waals surface area (Å²) in [5.41, 5.74) is 7.78. The first-order valence-corrected chi connectivity index (χ1v) is 4.72. The first-order valence-electron chi connectivity index (χ1n) is 4.72. The van der Waals surface area contributed by atoms with Crippen LogP contribution in [0.5, 0.6) is 0 Å². The number of aromatic nitrogens is 1. The van der Waals surface area contributed by atoms with Crippen LogP contribution in [0.2, 0.25) is 0 Å². The van der Waals surface area contributed by atoms with Gasteiger partial charge in [0.2, 0.25) is 0 Å². The van der Waals surface area contributed by atoms with Crippen LogP contribution in [-0.2, 0) is 0 Å². The van der Waals surface area contributed by atoms with Crippen molar-refractivity contribution in [3.8, 4) is 11.1 Å². The van der Waals surface area contributed by atoms with Crippen molar-refractivity contribution in [1.82, 2.24) is 4.98 Å². The summed E-state index contributed by atoms with van der Waals surface area (Å²) in [6.45, 7) is 0. The third-order valence-corrected chi connectivity index (χ3v) is 2.33. The average Bonchev–Trinajstić information content (AvgIpc) is 2.30. The van der Waals surface area contributed by atoms with E-state index in [0.717, 1.165) is 5.56 Å². The molecule has 0 amide bonds. The number of rotatable bonds is 2. The number of para-hydroxylation sites is 1. The molecule has 0 atom stereocenters. The molecule has 0 radical (unpaired) electrons. The van der Waals surface area contributed by atoms with Crippen molar-refractivity contribution in [2.45, 2.75) is 0 Å². The number of carboxylic acid groups (broad SMARTS) is 1. The lowest BCUT2D eigenvalue weighted by molar-refractivity contribution is 0.0698. The van der Waals surface area contributed by atoms with Gasteiger partial charge in [-0.25, -0.2) is 4.79 Å². The van der Waals surface area contributed by atoms with Crippen molar-refractivity contribution in [2.75, 3.05) is 5.73 Å². The second-order valence-electron chi connectivity index (χ2n) is 3.31. The lowest BCUT2D eigenvalue weighted by Crippen LogP contribution is -2.03. The Kier molecular flexibility index (Phi) is 2.55. The third-order valence-electron chi connectivity index (χ3n) is 2.33. The van der Waals surface area contributed by atoms with Crippen LogP contribution in [0.15, 0.2) is 42.7 Å². The fourth-order valence-corrected chi connectivity index (χ4v) is 1.53. The van der Waals surface area contributed by atoms with Gasteiger partial charge in [-0.3, -0.25) is 4.98 Å². The van der Waals surface area contributed by atoms with Gasteiger partial charge < -0.3 is 10.8 Å². The van der Waals surface area contributed by atoms with Gasteiger partial charge in [0, 0.05) is 18.0 Å². The van der Waals surface area contributed by atoms with Crippen molar-refractivity contribution in [2.24, 2.45) is 0 Å². The van der Waals surface area contributed by atoms with Crippen molar-refractivity contribution < 1.29 is 9.90 Å². The van der Waals surface area contributed by atoms with Crippen LogP contribution in [0.25, 0.3) is 11.1 Å². The molecule has 2 aromatic rings. The zero-order valence-corrected chi connectivity index (χ0v) is 8.42. The molecule has 0 unspecified atom stereocenters. The molecule has 1 aromatic heterocycles. The Balaban J connectivity index is 2.59. The minimum atomic E-state index is -1.02. The Morgan fingerprint density at radius 3 is 2.50 bits per heavy atom. The highest BCUT2D eigenvalue weighted by Crippen LogP contribution is 2.27.